The van der Waals surface area contributed by atoms with E-state index in [1.54, 1.807) is 6.92 Å². The van der Waals surface area contributed by atoms with Gasteiger partial charge >= 0.3 is 0 Å². The van der Waals surface area contributed by atoms with Crippen LogP contribution < -0.4 is 0 Å². The van der Waals surface area contributed by atoms with Crippen molar-refractivity contribution in [3.8, 4) is 0 Å². The van der Waals surface area contributed by atoms with Crippen molar-refractivity contribution in [1.82, 2.24) is 4.31 Å². The van der Waals surface area contributed by atoms with Crippen LogP contribution >= 0.6 is 0 Å². The Labute approximate surface area is 115 Å². The maximum atomic E-state index is 13.6. The van der Waals surface area contributed by atoms with Crippen LogP contribution in [0.3, 0.4) is 0 Å². The first-order valence-electron chi connectivity index (χ1n) is 6.02. The molecule has 1 aliphatic rings. The Kier molecular flexibility index (Phi) is 4.05. The Morgan fingerprint density at radius 2 is 2.10 bits per heavy atom. The largest absolute Gasteiger partial charge is 0.411 e. The molecule has 0 amide bonds. The van der Waals surface area contributed by atoms with Crippen LogP contribution in [0.5, 0.6) is 0 Å². The number of benzene rings is 1. The van der Waals surface area contributed by atoms with E-state index in [4.69, 9.17) is 5.21 Å². The molecule has 110 valence electrons. The van der Waals surface area contributed by atoms with Crippen LogP contribution in [0.25, 0.3) is 0 Å². The predicted octanol–water partition coefficient (Wildman–Crippen LogP) is 1.83. The zero-order chi connectivity index (χ0) is 14.9. The van der Waals surface area contributed by atoms with Crippen LogP contribution in [0, 0.1) is 17.6 Å². The van der Waals surface area contributed by atoms with Gasteiger partial charge in [0.15, 0.2) is 0 Å². The van der Waals surface area contributed by atoms with Crippen molar-refractivity contribution in [1.29, 1.82) is 0 Å². The van der Waals surface area contributed by atoms with Crippen molar-refractivity contribution in [2.75, 3.05) is 13.1 Å². The number of oxime groups is 1. The second-order valence-corrected chi connectivity index (χ2v) is 6.59. The highest BCUT2D eigenvalue weighted by Gasteiger charge is 2.33. The second-order valence-electron chi connectivity index (χ2n) is 4.68. The highest BCUT2D eigenvalue weighted by Crippen LogP contribution is 2.24. The molecule has 2 rings (SSSR count). The summed E-state index contributed by atoms with van der Waals surface area (Å²) in [5.74, 6) is -2.20. The molecule has 0 saturated carbocycles. The van der Waals surface area contributed by atoms with E-state index in [2.05, 4.69) is 5.16 Å². The molecule has 8 heteroatoms. The Bertz CT molecular complexity index is 646. The Morgan fingerprint density at radius 3 is 2.65 bits per heavy atom. The van der Waals surface area contributed by atoms with Gasteiger partial charge in [-0.25, -0.2) is 17.2 Å². The maximum Gasteiger partial charge on any atom is 0.246 e. The summed E-state index contributed by atoms with van der Waals surface area (Å²) in [6.07, 6.45) is 0.277. The lowest BCUT2D eigenvalue weighted by atomic mass is 10.00. The lowest BCUT2D eigenvalue weighted by molar-refractivity contribution is 0.300. The van der Waals surface area contributed by atoms with Gasteiger partial charge in [0.25, 0.3) is 0 Å². The summed E-state index contributed by atoms with van der Waals surface area (Å²) in [7, 11) is -4.02. The van der Waals surface area contributed by atoms with Gasteiger partial charge in [-0.1, -0.05) is 12.1 Å². The monoisotopic (exact) mass is 304 g/mol. The first-order valence-corrected chi connectivity index (χ1v) is 7.46. The number of rotatable bonds is 2. The first-order chi connectivity index (χ1) is 9.36. The van der Waals surface area contributed by atoms with E-state index in [1.807, 2.05) is 0 Å². The minimum Gasteiger partial charge on any atom is -0.411 e. The zero-order valence-corrected chi connectivity index (χ0v) is 11.6. The summed E-state index contributed by atoms with van der Waals surface area (Å²) >= 11 is 0. The molecule has 1 aliphatic heterocycles. The number of hydrogen-bond donors (Lipinski definition) is 1. The molecule has 1 saturated heterocycles. The van der Waals surface area contributed by atoms with E-state index in [1.165, 1.54) is 0 Å². The average molecular weight is 304 g/mol. The molecule has 1 fully saturated rings. The smallest absolute Gasteiger partial charge is 0.246 e. The van der Waals surface area contributed by atoms with Gasteiger partial charge in [0.2, 0.25) is 10.0 Å². The number of sulfonamides is 1. The summed E-state index contributed by atoms with van der Waals surface area (Å²) in [5.41, 5.74) is 0.510. The lowest BCUT2D eigenvalue weighted by Gasteiger charge is -2.30. The number of halogens is 2. The van der Waals surface area contributed by atoms with Gasteiger partial charge in [-0.2, -0.15) is 4.31 Å². The molecule has 5 nitrogen and oxygen atoms in total. The van der Waals surface area contributed by atoms with Crippen LogP contribution in [0.15, 0.2) is 28.3 Å². The molecule has 1 atom stereocenters. The molecular weight excluding hydrogens is 290 g/mol. The molecule has 1 aromatic carbocycles. The van der Waals surface area contributed by atoms with Crippen LogP contribution in [-0.4, -0.2) is 36.7 Å². The topological polar surface area (TPSA) is 70.0 Å². The van der Waals surface area contributed by atoms with Crippen LogP contribution in [-0.2, 0) is 10.0 Å². The maximum absolute atomic E-state index is 13.6. The van der Waals surface area contributed by atoms with Crippen LogP contribution in [0.1, 0.15) is 13.3 Å². The number of nitrogens with zero attached hydrogens (tertiary/aromatic N) is 2. The number of piperidine rings is 1. The van der Waals surface area contributed by atoms with Gasteiger partial charge in [-0.15, -0.1) is 0 Å². The van der Waals surface area contributed by atoms with E-state index in [9.17, 15) is 17.2 Å². The van der Waals surface area contributed by atoms with Crippen molar-refractivity contribution in [2.24, 2.45) is 11.1 Å². The highest BCUT2D eigenvalue weighted by molar-refractivity contribution is 7.89. The standard InChI is InChI=1S/C12H14F2N2O3S/c1-8-7-16(5-4-11(8)15-17)20(18,19)12-3-2-9(13)6-10(12)14/h2-3,6,8,17H,4-5,7H2,1H3/b15-11+. The quantitative estimate of drug-likeness (QED) is 0.669. The van der Waals surface area contributed by atoms with Gasteiger partial charge in [0.05, 0.1) is 5.71 Å². The third-order valence-electron chi connectivity index (χ3n) is 3.30. The molecule has 1 N–H and O–H groups in total. The third kappa shape index (κ3) is 2.66. The fourth-order valence-corrected chi connectivity index (χ4v) is 3.75. The minimum absolute atomic E-state index is 0.0958. The molecule has 0 spiro atoms. The molecule has 0 aromatic heterocycles. The van der Waals surface area contributed by atoms with Crippen LogP contribution in [0.4, 0.5) is 8.78 Å². The summed E-state index contributed by atoms with van der Waals surface area (Å²) in [5, 5.41) is 11.9. The minimum atomic E-state index is -4.02. The SMILES string of the molecule is CC1CN(S(=O)(=O)c2ccc(F)cc2F)CC/C1=N\O. The molecule has 1 aromatic rings. The summed E-state index contributed by atoms with van der Waals surface area (Å²) in [4.78, 5) is -0.546. The van der Waals surface area contributed by atoms with Gasteiger partial charge in [0, 0.05) is 31.5 Å². The molecule has 0 radical (unpaired) electrons. The molecule has 20 heavy (non-hydrogen) atoms. The highest BCUT2D eigenvalue weighted by atomic mass is 32.2. The fourth-order valence-electron chi connectivity index (χ4n) is 2.18. The third-order valence-corrected chi connectivity index (χ3v) is 5.20. The van der Waals surface area contributed by atoms with E-state index in [-0.39, 0.29) is 25.4 Å². The lowest BCUT2D eigenvalue weighted by Crippen LogP contribution is -2.43. The van der Waals surface area contributed by atoms with E-state index in [0.717, 1.165) is 16.4 Å². The Hall–Kier alpha value is -1.54. The van der Waals surface area contributed by atoms with Crippen molar-refractivity contribution in [3.63, 3.8) is 0 Å². The summed E-state index contributed by atoms with van der Waals surface area (Å²) in [6, 6.07) is 2.37. The van der Waals surface area contributed by atoms with Crippen molar-refractivity contribution in [2.45, 2.75) is 18.2 Å². The average Bonchev–Trinajstić information content (AvgIpc) is 2.38. The normalized spacial score (nSPS) is 23.1. The fraction of sp³-hybridized carbons (Fsp3) is 0.417. The van der Waals surface area contributed by atoms with E-state index < -0.39 is 26.6 Å². The Morgan fingerprint density at radius 1 is 1.40 bits per heavy atom. The second kappa shape index (κ2) is 5.45. The van der Waals surface area contributed by atoms with Crippen molar-refractivity contribution in [3.05, 3.63) is 29.8 Å². The first kappa shape index (κ1) is 14.9. The Balaban J connectivity index is 2.32. The summed E-state index contributed by atoms with van der Waals surface area (Å²) < 4.78 is 52.2. The zero-order valence-electron chi connectivity index (χ0n) is 10.8. The molecule has 0 aliphatic carbocycles. The molecule has 1 heterocycles. The van der Waals surface area contributed by atoms with Crippen LogP contribution in [0.2, 0.25) is 0 Å². The van der Waals surface area contributed by atoms with Gasteiger partial charge in [-0.3, -0.25) is 0 Å². The predicted molar refractivity (Wildman–Crippen MR) is 68.1 cm³/mol. The van der Waals surface area contributed by atoms with Gasteiger partial charge in [0.1, 0.15) is 16.5 Å². The van der Waals surface area contributed by atoms with Crippen molar-refractivity contribution < 1.29 is 22.4 Å². The number of hydrogen-bond acceptors (Lipinski definition) is 4. The molecule has 0 bridgehead atoms. The van der Waals surface area contributed by atoms with Gasteiger partial charge < -0.3 is 5.21 Å². The van der Waals surface area contributed by atoms with Crippen molar-refractivity contribution >= 4 is 15.7 Å². The summed E-state index contributed by atoms with van der Waals surface area (Å²) in [6.45, 7) is 1.92. The van der Waals surface area contributed by atoms with E-state index in [0.29, 0.717) is 11.8 Å². The van der Waals surface area contributed by atoms with Gasteiger partial charge in [-0.05, 0) is 12.1 Å². The molecule has 1 unspecified atom stereocenters. The van der Waals surface area contributed by atoms with E-state index >= 15 is 0 Å². The molecular formula is C12H14F2N2O3S.